The summed E-state index contributed by atoms with van der Waals surface area (Å²) in [7, 11) is 3.47. The number of hydrogen-bond acceptors (Lipinski definition) is 5. The van der Waals surface area contributed by atoms with E-state index in [4.69, 9.17) is 15.2 Å². The molecule has 0 saturated heterocycles. The van der Waals surface area contributed by atoms with Gasteiger partial charge in [-0.05, 0) is 36.7 Å². The molecule has 0 amide bonds. The molecule has 0 bridgehead atoms. The maximum absolute atomic E-state index is 5.78. The zero-order chi connectivity index (χ0) is 13.7. The van der Waals surface area contributed by atoms with Crippen LogP contribution in [0.5, 0.6) is 11.5 Å². The summed E-state index contributed by atoms with van der Waals surface area (Å²) in [5.41, 5.74) is 6.64. The maximum atomic E-state index is 5.78. The lowest BCUT2D eigenvalue weighted by Gasteiger charge is -2.12. The molecule has 0 atom stereocenters. The van der Waals surface area contributed by atoms with Gasteiger partial charge in [-0.1, -0.05) is 0 Å². The second-order valence-corrected chi connectivity index (χ2v) is 4.10. The topological polar surface area (TPSA) is 75.2 Å². The number of ether oxygens (including phenoxy) is 2. The highest BCUT2D eigenvalue weighted by Gasteiger charge is 2.07. The Hall–Kier alpha value is -2.08. The van der Waals surface area contributed by atoms with Crippen LogP contribution in [0.3, 0.4) is 0 Å². The van der Waals surface area contributed by atoms with E-state index >= 15 is 0 Å². The smallest absolute Gasteiger partial charge is 0.164 e. The summed E-state index contributed by atoms with van der Waals surface area (Å²) in [6.45, 7) is 0.938. The summed E-state index contributed by atoms with van der Waals surface area (Å²) in [6.07, 6.45) is 2.25. The van der Waals surface area contributed by atoms with Gasteiger partial charge in [0.1, 0.15) is 24.4 Å². The Bertz CT molecular complexity index is 539. The molecular weight excluding hydrogens is 244 g/mol. The van der Waals surface area contributed by atoms with Crippen LogP contribution in [0.1, 0.15) is 11.4 Å². The summed E-state index contributed by atoms with van der Waals surface area (Å²) < 4.78 is 12.7. The fourth-order valence-corrected chi connectivity index (χ4v) is 1.77. The maximum Gasteiger partial charge on any atom is 0.164 e. The Morgan fingerprint density at radius 3 is 2.84 bits per heavy atom. The predicted molar refractivity (Wildman–Crippen MR) is 71.1 cm³/mol. The number of nitrogens with two attached hydrogens (primary N) is 1. The van der Waals surface area contributed by atoms with Crippen molar-refractivity contribution >= 4 is 0 Å². The zero-order valence-corrected chi connectivity index (χ0v) is 11.2. The second kappa shape index (κ2) is 6.19. The molecule has 0 fully saturated rings. The van der Waals surface area contributed by atoms with E-state index in [9.17, 15) is 0 Å². The molecule has 1 heterocycles. The quantitative estimate of drug-likeness (QED) is 0.837. The van der Waals surface area contributed by atoms with Crippen LogP contribution in [0.2, 0.25) is 0 Å². The first-order chi connectivity index (χ1) is 9.24. The summed E-state index contributed by atoms with van der Waals surface area (Å²) >= 11 is 0. The van der Waals surface area contributed by atoms with Crippen LogP contribution in [-0.4, -0.2) is 28.4 Å². The third-order valence-corrected chi connectivity index (χ3v) is 2.84. The molecule has 0 spiro atoms. The number of nitrogens with zero attached hydrogens (tertiary/aromatic N) is 3. The van der Waals surface area contributed by atoms with E-state index in [1.807, 2.05) is 25.2 Å². The number of aromatic nitrogens is 3. The highest BCUT2D eigenvalue weighted by molar-refractivity contribution is 5.40. The third-order valence-electron chi connectivity index (χ3n) is 2.84. The standard InChI is InChI=1S/C13H18N4O2/c1-17-13(15-9-16-17)8-19-12-4-3-11(18-2)7-10(12)5-6-14/h3-4,7,9H,5-6,8,14H2,1-2H3. The summed E-state index contributed by atoms with van der Waals surface area (Å²) in [4.78, 5) is 4.12. The summed E-state index contributed by atoms with van der Waals surface area (Å²) in [5.74, 6) is 2.37. The number of rotatable bonds is 6. The van der Waals surface area contributed by atoms with Gasteiger partial charge in [-0.2, -0.15) is 5.10 Å². The van der Waals surface area contributed by atoms with E-state index in [-0.39, 0.29) is 0 Å². The lowest BCUT2D eigenvalue weighted by molar-refractivity contribution is 0.286. The van der Waals surface area contributed by atoms with Crippen LogP contribution < -0.4 is 15.2 Å². The number of aryl methyl sites for hydroxylation is 1. The number of hydrogen-bond donors (Lipinski definition) is 1. The van der Waals surface area contributed by atoms with E-state index in [1.54, 1.807) is 11.8 Å². The Morgan fingerprint density at radius 1 is 1.37 bits per heavy atom. The average Bonchev–Trinajstić information content (AvgIpc) is 2.83. The molecule has 102 valence electrons. The van der Waals surface area contributed by atoms with Gasteiger partial charge in [-0.15, -0.1) is 0 Å². The van der Waals surface area contributed by atoms with Crippen molar-refractivity contribution in [3.8, 4) is 11.5 Å². The Labute approximate surface area is 112 Å². The summed E-state index contributed by atoms with van der Waals surface area (Å²) in [5, 5.41) is 4.00. The van der Waals surface area contributed by atoms with E-state index in [0.717, 1.165) is 29.3 Å². The van der Waals surface area contributed by atoms with E-state index in [1.165, 1.54) is 6.33 Å². The fourth-order valence-electron chi connectivity index (χ4n) is 1.77. The number of methoxy groups -OCH3 is 1. The van der Waals surface area contributed by atoms with Gasteiger partial charge in [-0.3, -0.25) is 4.68 Å². The molecule has 6 heteroatoms. The van der Waals surface area contributed by atoms with Crippen LogP contribution >= 0.6 is 0 Å². The van der Waals surface area contributed by atoms with Crippen molar-refractivity contribution in [2.24, 2.45) is 12.8 Å². The van der Waals surface area contributed by atoms with Crippen molar-refractivity contribution in [1.82, 2.24) is 14.8 Å². The van der Waals surface area contributed by atoms with Gasteiger partial charge < -0.3 is 15.2 Å². The molecule has 6 nitrogen and oxygen atoms in total. The van der Waals surface area contributed by atoms with Crippen molar-refractivity contribution in [3.05, 3.63) is 35.9 Å². The predicted octanol–water partition coefficient (Wildman–Crippen LogP) is 0.904. The van der Waals surface area contributed by atoms with Gasteiger partial charge in [-0.25, -0.2) is 4.98 Å². The van der Waals surface area contributed by atoms with E-state index in [2.05, 4.69) is 10.1 Å². The molecule has 19 heavy (non-hydrogen) atoms. The highest BCUT2D eigenvalue weighted by Crippen LogP contribution is 2.25. The first-order valence-electron chi connectivity index (χ1n) is 6.07. The molecule has 0 saturated carbocycles. The summed E-state index contributed by atoms with van der Waals surface area (Å²) in [6, 6.07) is 5.70. The van der Waals surface area contributed by atoms with Crippen LogP contribution in [0.4, 0.5) is 0 Å². The average molecular weight is 262 g/mol. The molecule has 1 aromatic carbocycles. The number of benzene rings is 1. The molecule has 0 unspecified atom stereocenters. The van der Waals surface area contributed by atoms with Crippen LogP contribution in [0.15, 0.2) is 24.5 Å². The van der Waals surface area contributed by atoms with Gasteiger partial charge in [0.15, 0.2) is 5.82 Å². The van der Waals surface area contributed by atoms with Crippen LogP contribution in [0, 0.1) is 0 Å². The zero-order valence-electron chi connectivity index (χ0n) is 11.2. The molecule has 2 aromatic rings. The molecule has 0 aliphatic rings. The third kappa shape index (κ3) is 3.23. The highest BCUT2D eigenvalue weighted by atomic mass is 16.5. The lowest BCUT2D eigenvalue weighted by atomic mass is 10.1. The Morgan fingerprint density at radius 2 is 2.21 bits per heavy atom. The van der Waals surface area contributed by atoms with E-state index < -0.39 is 0 Å². The SMILES string of the molecule is COc1ccc(OCc2ncnn2C)c(CCN)c1. The normalized spacial score (nSPS) is 10.5. The fraction of sp³-hybridized carbons (Fsp3) is 0.385. The Kier molecular flexibility index (Phi) is 4.35. The minimum atomic E-state index is 0.375. The van der Waals surface area contributed by atoms with Gasteiger partial charge in [0, 0.05) is 7.05 Å². The second-order valence-electron chi connectivity index (χ2n) is 4.10. The van der Waals surface area contributed by atoms with Crippen molar-refractivity contribution < 1.29 is 9.47 Å². The van der Waals surface area contributed by atoms with Crippen LogP contribution in [0.25, 0.3) is 0 Å². The van der Waals surface area contributed by atoms with Crippen molar-refractivity contribution in [1.29, 1.82) is 0 Å². The van der Waals surface area contributed by atoms with Gasteiger partial charge in [0.2, 0.25) is 0 Å². The minimum absolute atomic E-state index is 0.375. The molecule has 2 rings (SSSR count). The van der Waals surface area contributed by atoms with Crippen molar-refractivity contribution in [2.45, 2.75) is 13.0 Å². The van der Waals surface area contributed by atoms with Crippen molar-refractivity contribution in [3.63, 3.8) is 0 Å². The largest absolute Gasteiger partial charge is 0.497 e. The molecule has 0 aliphatic carbocycles. The first-order valence-corrected chi connectivity index (χ1v) is 6.07. The molecular formula is C13H18N4O2. The minimum Gasteiger partial charge on any atom is -0.497 e. The molecule has 0 aliphatic heterocycles. The van der Waals surface area contributed by atoms with E-state index in [0.29, 0.717) is 13.2 Å². The monoisotopic (exact) mass is 262 g/mol. The van der Waals surface area contributed by atoms with Gasteiger partial charge >= 0.3 is 0 Å². The molecule has 1 aromatic heterocycles. The van der Waals surface area contributed by atoms with Crippen molar-refractivity contribution in [2.75, 3.05) is 13.7 Å². The van der Waals surface area contributed by atoms with Gasteiger partial charge in [0.25, 0.3) is 0 Å². The van der Waals surface area contributed by atoms with Crippen LogP contribution in [-0.2, 0) is 20.1 Å². The lowest BCUT2D eigenvalue weighted by Crippen LogP contribution is -2.08. The van der Waals surface area contributed by atoms with Gasteiger partial charge in [0.05, 0.1) is 7.11 Å². The Balaban J connectivity index is 2.12. The first kappa shape index (κ1) is 13.4. The molecule has 2 N–H and O–H groups in total. The molecule has 0 radical (unpaired) electrons.